The fourth-order valence-corrected chi connectivity index (χ4v) is 3.84. The van der Waals surface area contributed by atoms with Gasteiger partial charge < -0.3 is 15.8 Å². The number of hydrogen-bond acceptors (Lipinski definition) is 4. The van der Waals surface area contributed by atoms with E-state index >= 15 is 0 Å². The highest BCUT2D eigenvalue weighted by Gasteiger charge is 2.19. The lowest BCUT2D eigenvalue weighted by molar-refractivity contribution is 0.410. The molecule has 0 unspecified atom stereocenters. The second-order valence-electron chi connectivity index (χ2n) is 7.08. The van der Waals surface area contributed by atoms with E-state index in [1.54, 1.807) is 7.11 Å². The number of ether oxygens (including phenoxy) is 1. The van der Waals surface area contributed by atoms with E-state index in [0.717, 1.165) is 59.0 Å². The van der Waals surface area contributed by atoms with E-state index in [9.17, 15) is 0 Å². The molecule has 1 saturated carbocycles. The molecule has 1 aliphatic carbocycles. The molecular formula is C22H25N3O. The number of anilines is 1. The molecular weight excluding hydrogens is 322 g/mol. The van der Waals surface area contributed by atoms with Crippen LogP contribution in [-0.2, 0) is 0 Å². The van der Waals surface area contributed by atoms with Crippen LogP contribution in [0, 0.1) is 0 Å². The largest absolute Gasteiger partial charge is 0.496 e. The number of nitrogens with two attached hydrogens (primary N) is 1. The molecule has 26 heavy (non-hydrogen) atoms. The zero-order valence-electron chi connectivity index (χ0n) is 15.1. The summed E-state index contributed by atoms with van der Waals surface area (Å²) < 4.78 is 5.67. The van der Waals surface area contributed by atoms with Crippen LogP contribution in [0.5, 0.6) is 5.75 Å². The van der Waals surface area contributed by atoms with Crippen molar-refractivity contribution >= 4 is 16.5 Å². The number of hydrogen-bond donors (Lipinski definition) is 2. The van der Waals surface area contributed by atoms with Gasteiger partial charge in [-0.25, -0.2) is 0 Å². The van der Waals surface area contributed by atoms with Gasteiger partial charge in [-0.2, -0.15) is 0 Å². The molecule has 0 radical (unpaired) electrons. The summed E-state index contributed by atoms with van der Waals surface area (Å²) in [6.45, 7) is 0. The number of nitrogens with zero attached hydrogens (tertiary/aromatic N) is 1. The lowest BCUT2D eigenvalue weighted by Gasteiger charge is -2.28. The van der Waals surface area contributed by atoms with Crippen LogP contribution in [0.4, 0.5) is 5.69 Å². The fourth-order valence-electron chi connectivity index (χ4n) is 3.84. The first-order valence-electron chi connectivity index (χ1n) is 9.28. The molecule has 1 aliphatic rings. The summed E-state index contributed by atoms with van der Waals surface area (Å²) in [6, 6.07) is 15.5. The van der Waals surface area contributed by atoms with Gasteiger partial charge in [0.25, 0.3) is 0 Å². The number of rotatable bonds is 4. The van der Waals surface area contributed by atoms with Gasteiger partial charge in [-0.05, 0) is 42.7 Å². The second-order valence-corrected chi connectivity index (χ2v) is 7.08. The van der Waals surface area contributed by atoms with Gasteiger partial charge in [0.2, 0.25) is 0 Å². The molecule has 4 heteroatoms. The van der Waals surface area contributed by atoms with Crippen LogP contribution in [-0.4, -0.2) is 24.2 Å². The molecule has 0 saturated heterocycles. The Hall–Kier alpha value is -2.59. The van der Waals surface area contributed by atoms with Crippen LogP contribution in [0.2, 0.25) is 0 Å². The van der Waals surface area contributed by atoms with Crippen molar-refractivity contribution in [3.8, 4) is 16.9 Å². The third-order valence-corrected chi connectivity index (χ3v) is 5.29. The van der Waals surface area contributed by atoms with Crippen molar-refractivity contribution in [2.45, 2.75) is 37.8 Å². The van der Waals surface area contributed by atoms with Gasteiger partial charge in [-0.1, -0.05) is 30.3 Å². The summed E-state index contributed by atoms with van der Waals surface area (Å²) in [5, 5.41) is 5.88. The van der Waals surface area contributed by atoms with Gasteiger partial charge in [0, 0.05) is 47.2 Å². The standard InChI is InChI=1S/C22H25N3O/c1-26-22-12-18(25-17-9-7-16(23)8-10-17)11-19-20(13-24-14-21(19)22)15-5-3-2-4-6-15/h2-6,11-14,16-17,25H,7-10,23H2,1H3/t16-,17-. The Labute approximate surface area is 154 Å². The molecule has 1 heterocycles. The van der Waals surface area contributed by atoms with Gasteiger partial charge in [0.1, 0.15) is 5.75 Å². The lowest BCUT2D eigenvalue weighted by atomic mass is 9.91. The van der Waals surface area contributed by atoms with E-state index in [1.165, 1.54) is 0 Å². The number of fused-ring (bicyclic) bond motifs is 1. The first kappa shape index (κ1) is 16.9. The van der Waals surface area contributed by atoms with Crippen molar-refractivity contribution in [3.63, 3.8) is 0 Å². The minimum absolute atomic E-state index is 0.356. The molecule has 0 spiro atoms. The molecule has 3 aromatic rings. The Balaban J connectivity index is 1.75. The topological polar surface area (TPSA) is 60.2 Å². The molecule has 4 rings (SSSR count). The van der Waals surface area contributed by atoms with Crippen LogP contribution in [0.25, 0.3) is 21.9 Å². The maximum Gasteiger partial charge on any atom is 0.130 e. The van der Waals surface area contributed by atoms with Crippen molar-refractivity contribution in [3.05, 3.63) is 54.9 Å². The first-order chi connectivity index (χ1) is 12.7. The molecule has 4 nitrogen and oxygen atoms in total. The maximum atomic E-state index is 6.04. The van der Waals surface area contributed by atoms with Gasteiger partial charge in [-0.15, -0.1) is 0 Å². The number of methoxy groups -OCH3 is 1. The molecule has 0 aliphatic heterocycles. The monoisotopic (exact) mass is 347 g/mol. The van der Waals surface area contributed by atoms with Crippen LogP contribution in [0.15, 0.2) is 54.9 Å². The predicted octanol–water partition coefficient (Wildman–Crippen LogP) is 4.59. The summed E-state index contributed by atoms with van der Waals surface area (Å²) in [6.07, 6.45) is 8.21. The number of nitrogens with one attached hydrogen (secondary N) is 1. The highest BCUT2D eigenvalue weighted by atomic mass is 16.5. The fraction of sp³-hybridized carbons (Fsp3) is 0.318. The Kier molecular flexibility index (Phi) is 4.76. The molecule has 134 valence electrons. The van der Waals surface area contributed by atoms with E-state index < -0.39 is 0 Å². The van der Waals surface area contributed by atoms with Crippen molar-refractivity contribution < 1.29 is 4.74 Å². The lowest BCUT2D eigenvalue weighted by Crippen LogP contribution is -2.32. The smallest absolute Gasteiger partial charge is 0.130 e. The SMILES string of the molecule is COc1cc(N[C@H]2CC[C@H](N)CC2)cc2c(-c3ccccc3)cncc12. The minimum Gasteiger partial charge on any atom is -0.496 e. The highest BCUT2D eigenvalue weighted by Crippen LogP contribution is 2.36. The number of pyridine rings is 1. The van der Waals surface area contributed by atoms with Crippen LogP contribution < -0.4 is 15.8 Å². The predicted molar refractivity (Wildman–Crippen MR) is 108 cm³/mol. The van der Waals surface area contributed by atoms with Crippen molar-refractivity contribution in [2.24, 2.45) is 5.73 Å². The normalized spacial score (nSPS) is 20.1. The van der Waals surface area contributed by atoms with E-state index in [2.05, 4.69) is 46.7 Å². The molecule has 0 bridgehead atoms. The van der Waals surface area contributed by atoms with Crippen LogP contribution in [0.3, 0.4) is 0 Å². The molecule has 3 N–H and O–H groups in total. The maximum absolute atomic E-state index is 6.04. The van der Waals surface area contributed by atoms with Crippen molar-refractivity contribution in [1.82, 2.24) is 4.98 Å². The van der Waals surface area contributed by atoms with Gasteiger partial charge >= 0.3 is 0 Å². The summed E-state index contributed by atoms with van der Waals surface area (Å²) in [5.74, 6) is 0.850. The van der Waals surface area contributed by atoms with E-state index in [1.807, 2.05) is 18.5 Å². The highest BCUT2D eigenvalue weighted by molar-refractivity contribution is 6.01. The Morgan fingerprint density at radius 2 is 1.77 bits per heavy atom. The minimum atomic E-state index is 0.356. The van der Waals surface area contributed by atoms with Gasteiger partial charge in [-0.3, -0.25) is 4.98 Å². The summed E-state index contributed by atoms with van der Waals surface area (Å²) >= 11 is 0. The quantitative estimate of drug-likeness (QED) is 0.724. The van der Waals surface area contributed by atoms with Gasteiger partial charge in [0.05, 0.1) is 7.11 Å². The molecule has 1 fully saturated rings. The summed E-state index contributed by atoms with van der Waals surface area (Å²) in [4.78, 5) is 4.44. The van der Waals surface area contributed by atoms with Crippen LogP contribution >= 0.6 is 0 Å². The van der Waals surface area contributed by atoms with Crippen molar-refractivity contribution in [1.29, 1.82) is 0 Å². The average Bonchev–Trinajstić information content (AvgIpc) is 2.69. The summed E-state index contributed by atoms with van der Waals surface area (Å²) in [5.41, 5.74) is 9.42. The number of benzene rings is 2. The van der Waals surface area contributed by atoms with Crippen molar-refractivity contribution in [2.75, 3.05) is 12.4 Å². The molecule has 0 amide bonds. The van der Waals surface area contributed by atoms with E-state index in [4.69, 9.17) is 10.5 Å². The molecule has 2 aromatic carbocycles. The van der Waals surface area contributed by atoms with Crippen LogP contribution in [0.1, 0.15) is 25.7 Å². The molecule has 1 aromatic heterocycles. The van der Waals surface area contributed by atoms with Gasteiger partial charge in [0.15, 0.2) is 0 Å². The Morgan fingerprint density at radius 1 is 1.00 bits per heavy atom. The third-order valence-electron chi connectivity index (χ3n) is 5.29. The zero-order chi connectivity index (χ0) is 17.9. The zero-order valence-corrected chi connectivity index (χ0v) is 15.1. The Bertz CT molecular complexity index is 887. The second kappa shape index (κ2) is 7.34. The number of aromatic nitrogens is 1. The Morgan fingerprint density at radius 3 is 2.50 bits per heavy atom. The average molecular weight is 347 g/mol. The first-order valence-corrected chi connectivity index (χ1v) is 9.28. The molecule has 0 atom stereocenters. The van der Waals surface area contributed by atoms with E-state index in [0.29, 0.717) is 12.1 Å². The summed E-state index contributed by atoms with van der Waals surface area (Å²) in [7, 11) is 1.72. The van der Waals surface area contributed by atoms with E-state index in [-0.39, 0.29) is 0 Å². The third kappa shape index (κ3) is 3.37.